The van der Waals surface area contributed by atoms with Crippen molar-refractivity contribution in [1.82, 2.24) is 10.6 Å². The Morgan fingerprint density at radius 3 is 2.39 bits per heavy atom. The van der Waals surface area contributed by atoms with Gasteiger partial charge in [0.1, 0.15) is 5.82 Å². The highest BCUT2D eigenvalue weighted by Crippen LogP contribution is 2.07. The zero-order valence-corrected chi connectivity index (χ0v) is 11.2. The zero-order valence-electron chi connectivity index (χ0n) is 11.2. The van der Waals surface area contributed by atoms with Gasteiger partial charge in [0.15, 0.2) is 0 Å². The van der Waals surface area contributed by atoms with Crippen molar-refractivity contribution < 1.29 is 9.18 Å². The van der Waals surface area contributed by atoms with Crippen molar-refractivity contribution in [3.63, 3.8) is 0 Å². The molecule has 3 nitrogen and oxygen atoms in total. The summed E-state index contributed by atoms with van der Waals surface area (Å²) in [6.07, 6.45) is 0.779. The summed E-state index contributed by atoms with van der Waals surface area (Å²) >= 11 is 0. The van der Waals surface area contributed by atoms with Gasteiger partial charge in [-0.15, -0.1) is 0 Å². The summed E-state index contributed by atoms with van der Waals surface area (Å²) in [5, 5.41) is 5.86. The standard InChI is InChI=1S/C14H21FN2O/c1-10(2)8-13(14(18)16-3)17-9-11-4-6-12(15)7-5-11/h4-7,10,13,17H,8-9H2,1-3H3,(H,16,18). The maximum Gasteiger partial charge on any atom is 0.236 e. The fraction of sp³-hybridized carbons (Fsp3) is 0.500. The van der Waals surface area contributed by atoms with Gasteiger partial charge in [0, 0.05) is 13.6 Å². The normalized spacial score (nSPS) is 12.5. The summed E-state index contributed by atoms with van der Waals surface area (Å²) in [5.74, 6) is 0.183. The van der Waals surface area contributed by atoms with Crippen LogP contribution in [0.1, 0.15) is 25.8 Å². The van der Waals surface area contributed by atoms with Crippen LogP contribution in [-0.2, 0) is 11.3 Å². The fourth-order valence-corrected chi connectivity index (χ4v) is 1.77. The molecule has 0 radical (unpaired) electrons. The zero-order chi connectivity index (χ0) is 13.5. The van der Waals surface area contributed by atoms with Crippen molar-refractivity contribution >= 4 is 5.91 Å². The molecule has 100 valence electrons. The average molecular weight is 252 g/mol. The van der Waals surface area contributed by atoms with Gasteiger partial charge in [-0.2, -0.15) is 0 Å². The molecule has 1 aromatic carbocycles. The molecule has 2 N–H and O–H groups in total. The monoisotopic (exact) mass is 252 g/mol. The lowest BCUT2D eigenvalue weighted by molar-refractivity contribution is -0.123. The molecular formula is C14H21FN2O. The lowest BCUT2D eigenvalue weighted by Gasteiger charge is -2.19. The smallest absolute Gasteiger partial charge is 0.236 e. The number of rotatable bonds is 6. The van der Waals surface area contributed by atoms with Crippen molar-refractivity contribution in [1.29, 1.82) is 0 Å². The van der Waals surface area contributed by atoms with E-state index in [2.05, 4.69) is 24.5 Å². The van der Waals surface area contributed by atoms with Gasteiger partial charge in [0.25, 0.3) is 0 Å². The van der Waals surface area contributed by atoms with Crippen LogP contribution in [0, 0.1) is 11.7 Å². The molecule has 0 aliphatic rings. The highest BCUT2D eigenvalue weighted by molar-refractivity contribution is 5.81. The van der Waals surface area contributed by atoms with E-state index in [1.54, 1.807) is 19.2 Å². The number of hydrogen-bond acceptors (Lipinski definition) is 2. The van der Waals surface area contributed by atoms with Crippen molar-refractivity contribution in [3.05, 3.63) is 35.6 Å². The molecule has 0 bridgehead atoms. The first-order valence-corrected chi connectivity index (χ1v) is 6.22. The van der Waals surface area contributed by atoms with Crippen LogP contribution in [0.3, 0.4) is 0 Å². The number of amides is 1. The van der Waals surface area contributed by atoms with Gasteiger partial charge in [-0.05, 0) is 30.0 Å². The predicted octanol–water partition coefficient (Wildman–Crippen LogP) is 2.08. The van der Waals surface area contributed by atoms with Gasteiger partial charge in [-0.3, -0.25) is 4.79 Å². The van der Waals surface area contributed by atoms with E-state index in [0.29, 0.717) is 12.5 Å². The van der Waals surface area contributed by atoms with Crippen molar-refractivity contribution in [3.8, 4) is 0 Å². The molecule has 18 heavy (non-hydrogen) atoms. The van der Waals surface area contributed by atoms with E-state index >= 15 is 0 Å². The molecule has 0 heterocycles. The van der Waals surface area contributed by atoms with Crippen LogP contribution in [0.2, 0.25) is 0 Å². The summed E-state index contributed by atoms with van der Waals surface area (Å²) in [4.78, 5) is 11.7. The predicted molar refractivity (Wildman–Crippen MR) is 70.5 cm³/mol. The van der Waals surface area contributed by atoms with Gasteiger partial charge in [-0.1, -0.05) is 26.0 Å². The lowest BCUT2D eigenvalue weighted by atomic mass is 10.0. The summed E-state index contributed by atoms with van der Waals surface area (Å²) in [6, 6.07) is 6.08. The van der Waals surface area contributed by atoms with E-state index in [1.165, 1.54) is 12.1 Å². The highest BCUT2D eigenvalue weighted by atomic mass is 19.1. The largest absolute Gasteiger partial charge is 0.358 e. The molecule has 1 aromatic rings. The van der Waals surface area contributed by atoms with Gasteiger partial charge >= 0.3 is 0 Å². The SMILES string of the molecule is CNC(=O)C(CC(C)C)NCc1ccc(F)cc1. The Kier molecular flexibility index (Phi) is 5.78. The number of hydrogen-bond donors (Lipinski definition) is 2. The Labute approximate surface area is 108 Å². The Balaban J connectivity index is 2.55. The van der Waals surface area contributed by atoms with E-state index in [-0.39, 0.29) is 17.8 Å². The Morgan fingerprint density at radius 1 is 1.28 bits per heavy atom. The molecule has 4 heteroatoms. The van der Waals surface area contributed by atoms with Crippen molar-refractivity contribution in [2.24, 2.45) is 5.92 Å². The van der Waals surface area contributed by atoms with E-state index in [9.17, 15) is 9.18 Å². The quantitative estimate of drug-likeness (QED) is 0.814. The van der Waals surface area contributed by atoms with Crippen LogP contribution >= 0.6 is 0 Å². The molecule has 0 aromatic heterocycles. The van der Waals surface area contributed by atoms with Gasteiger partial charge in [-0.25, -0.2) is 4.39 Å². The fourth-order valence-electron chi connectivity index (χ4n) is 1.77. The molecule has 1 atom stereocenters. The summed E-state index contributed by atoms with van der Waals surface area (Å²) in [6.45, 7) is 4.72. The molecule has 1 unspecified atom stereocenters. The third kappa shape index (κ3) is 4.84. The van der Waals surface area contributed by atoms with Crippen LogP contribution in [0.5, 0.6) is 0 Å². The second-order valence-electron chi connectivity index (χ2n) is 4.80. The summed E-state index contributed by atoms with van der Waals surface area (Å²) < 4.78 is 12.8. The topological polar surface area (TPSA) is 41.1 Å². The molecule has 0 saturated heterocycles. The Morgan fingerprint density at radius 2 is 1.89 bits per heavy atom. The van der Waals surface area contributed by atoms with E-state index in [1.807, 2.05) is 0 Å². The van der Waals surface area contributed by atoms with Crippen molar-refractivity contribution in [2.45, 2.75) is 32.9 Å². The first kappa shape index (κ1) is 14.6. The molecule has 0 saturated carbocycles. The Bertz CT molecular complexity index is 376. The molecule has 1 amide bonds. The maximum absolute atomic E-state index is 12.8. The van der Waals surface area contributed by atoms with E-state index in [4.69, 9.17) is 0 Å². The summed E-state index contributed by atoms with van der Waals surface area (Å²) in [7, 11) is 1.63. The molecule has 0 fully saturated rings. The maximum atomic E-state index is 12.8. The minimum absolute atomic E-state index is 0.00851. The van der Waals surface area contributed by atoms with Crippen LogP contribution in [-0.4, -0.2) is 19.0 Å². The molecule has 0 aliphatic heterocycles. The number of benzene rings is 1. The Hall–Kier alpha value is -1.42. The van der Waals surface area contributed by atoms with Gasteiger partial charge < -0.3 is 10.6 Å². The van der Waals surface area contributed by atoms with Crippen LogP contribution in [0.15, 0.2) is 24.3 Å². The average Bonchev–Trinajstić information content (AvgIpc) is 2.35. The first-order valence-electron chi connectivity index (χ1n) is 6.22. The first-order chi connectivity index (χ1) is 8.52. The number of likely N-dealkylation sites (N-methyl/N-ethyl adjacent to an activating group) is 1. The number of nitrogens with one attached hydrogen (secondary N) is 2. The van der Waals surface area contributed by atoms with Crippen molar-refractivity contribution in [2.75, 3.05) is 7.05 Å². The number of carbonyl (C=O) groups is 1. The third-order valence-corrected chi connectivity index (χ3v) is 2.74. The molecule has 0 spiro atoms. The van der Waals surface area contributed by atoms with Crippen LogP contribution in [0.4, 0.5) is 4.39 Å². The second-order valence-corrected chi connectivity index (χ2v) is 4.80. The van der Waals surface area contributed by atoms with E-state index in [0.717, 1.165) is 12.0 Å². The minimum atomic E-state index is -0.246. The lowest BCUT2D eigenvalue weighted by Crippen LogP contribution is -2.43. The second kappa shape index (κ2) is 7.11. The van der Waals surface area contributed by atoms with Gasteiger partial charge in [0.2, 0.25) is 5.91 Å². The number of halogens is 1. The summed E-state index contributed by atoms with van der Waals surface area (Å²) in [5.41, 5.74) is 0.967. The highest BCUT2D eigenvalue weighted by Gasteiger charge is 2.17. The molecule has 0 aliphatic carbocycles. The third-order valence-electron chi connectivity index (χ3n) is 2.74. The van der Waals surface area contributed by atoms with Gasteiger partial charge in [0.05, 0.1) is 6.04 Å². The van der Waals surface area contributed by atoms with E-state index < -0.39 is 0 Å². The number of carbonyl (C=O) groups excluding carboxylic acids is 1. The molecule has 1 rings (SSSR count). The minimum Gasteiger partial charge on any atom is -0.358 e. The van der Waals surface area contributed by atoms with Crippen LogP contribution in [0.25, 0.3) is 0 Å². The molecular weight excluding hydrogens is 231 g/mol. The van der Waals surface area contributed by atoms with Crippen LogP contribution < -0.4 is 10.6 Å².